The van der Waals surface area contributed by atoms with Crippen LogP contribution >= 0.6 is 0 Å². The van der Waals surface area contributed by atoms with E-state index in [-0.39, 0.29) is 12.7 Å². The first kappa shape index (κ1) is 19.4. The summed E-state index contributed by atoms with van der Waals surface area (Å²) < 4.78 is 21.3. The first-order valence-corrected chi connectivity index (χ1v) is 9.06. The average Bonchev–Trinajstić information content (AvgIpc) is 3.13. The number of unbranched alkanes of at least 4 members (excludes halogenated alkanes) is 1. The number of benzene rings is 1. The summed E-state index contributed by atoms with van der Waals surface area (Å²) in [5.41, 5.74) is 1.70. The molecule has 0 amide bonds. The Kier molecular flexibility index (Phi) is 6.18. The molecule has 2 aliphatic rings. The Bertz CT molecular complexity index is 695. The molecule has 8 nitrogen and oxygen atoms in total. The van der Waals surface area contributed by atoms with E-state index in [0.717, 1.165) is 42.0 Å². The van der Waals surface area contributed by atoms with Crippen LogP contribution in [-0.2, 0) is 19.1 Å². The van der Waals surface area contributed by atoms with Crippen molar-refractivity contribution in [2.75, 3.05) is 26.6 Å². The summed E-state index contributed by atoms with van der Waals surface area (Å²) in [5, 5.41) is 13.2. The zero-order valence-corrected chi connectivity index (χ0v) is 15.6. The summed E-state index contributed by atoms with van der Waals surface area (Å²) in [5.74, 6) is -0.938. The van der Waals surface area contributed by atoms with Gasteiger partial charge in [-0.25, -0.2) is 4.79 Å². The summed E-state index contributed by atoms with van der Waals surface area (Å²) in [6.45, 7) is 4.87. The molecule has 3 rings (SSSR count). The van der Waals surface area contributed by atoms with Crippen LogP contribution in [0.1, 0.15) is 38.7 Å². The fourth-order valence-electron chi connectivity index (χ4n) is 2.85. The van der Waals surface area contributed by atoms with Gasteiger partial charge in [-0.3, -0.25) is 0 Å². The van der Waals surface area contributed by atoms with Gasteiger partial charge in [0.05, 0.1) is 18.9 Å². The van der Waals surface area contributed by atoms with Crippen LogP contribution < -0.4 is 9.47 Å². The molecule has 1 fully saturated rings. The topological polar surface area (TPSA) is 95.8 Å². The summed E-state index contributed by atoms with van der Waals surface area (Å²) in [7, 11) is 0. The fourth-order valence-corrected chi connectivity index (χ4v) is 2.85. The van der Waals surface area contributed by atoms with Crippen molar-refractivity contribution in [3.05, 3.63) is 23.8 Å². The van der Waals surface area contributed by atoms with Crippen molar-refractivity contribution in [3.8, 4) is 11.5 Å². The van der Waals surface area contributed by atoms with Gasteiger partial charge in [0.2, 0.25) is 6.79 Å². The number of carbonyl (C=O) groups is 1. The van der Waals surface area contributed by atoms with Gasteiger partial charge in [0.15, 0.2) is 11.5 Å². The SMILES string of the molecule is CC(=NOCCCCC1COC(C)(C(=O)O)OC1)c1ccc2c(c1)OCO2. The fraction of sp³-hybridized carbons (Fsp3) is 0.579. The number of hydrogen-bond acceptors (Lipinski definition) is 7. The first-order valence-electron chi connectivity index (χ1n) is 9.06. The second-order valence-electron chi connectivity index (χ2n) is 6.81. The lowest BCUT2D eigenvalue weighted by atomic mass is 10.0. The number of fused-ring (bicyclic) bond motifs is 1. The van der Waals surface area contributed by atoms with Crippen LogP contribution in [0.15, 0.2) is 23.4 Å². The van der Waals surface area contributed by atoms with Crippen molar-refractivity contribution in [2.45, 2.75) is 38.9 Å². The number of nitrogens with zero attached hydrogens (tertiary/aromatic N) is 1. The van der Waals surface area contributed by atoms with E-state index in [9.17, 15) is 4.79 Å². The Morgan fingerprint density at radius 1 is 1.26 bits per heavy atom. The van der Waals surface area contributed by atoms with Gasteiger partial charge >= 0.3 is 5.97 Å². The third-order valence-electron chi connectivity index (χ3n) is 4.67. The van der Waals surface area contributed by atoms with Gasteiger partial charge in [-0.2, -0.15) is 0 Å². The lowest BCUT2D eigenvalue weighted by molar-refractivity contribution is -0.271. The molecule has 0 bridgehead atoms. The maximum absolute atomic E-state index is 11.0. The predicted octanol–water partition coefficient (Wildman–Crippen LogP) is 2.79. The molecule has 2 heterocycles. The Morgan fingerprint density at radius 3 is 2.74 bits per heavy atom. The van der Waals surface area contributed by atoms with E-state index >= 15 is 0 Å². The quantitative estimate of drug-likeness (QED) is 0.421. The number of carboxylic acids is 1. The lowest BCUT2D eigenvalue weighted by Crippen LogP contribution is -2.47. The molecular weight excluding hydrogens is 354 g/mol. The first-order chi connectivity index (χ1) is 13.0. The van der Waals surface area contributed by atoms with Crippen molar-refractivity contribution in [2.24, 2.45) is 11.1 Å². The molecule has 148 valence electrons. The minimum absolute atomic E-state index is 0.205. The van der Waals surface area contributed by atoms with Crippen LogP contribution in [0.5, 0.6) is 11.5 Å². The second-order valence-corrected chi connectivity index (χ2v) is 6.81. The van der Waals surface area contributed by atoms with Gasteiger partial charge in [-0.15, -0.1) is 0 Å². The zero-order chi connectivity index (χ0) is 19.3. The van der Waals surface area contributed by atoms with E-state index in [1.165, 1.54) is 6.92 Å². The number of carboxylic acid groups (broad SMARTS) is 1. The molecule has 1 N–H and O–H groups in total. The monoisotopic (exact) mass is 379 g/mol. The van der Waals surface area contributed by atoms with Crippen LogP contribution in [0.4, 0.5) is 0 Å². The molecule has 0 radical (unpaired) electrons. The van der Waals surface area contributed by atoms with Gasteiger partial charge in [0.25, 0.3) is 5.79 Å². The Hall–Kier alpha value is -2.32. The summed E-state index contributed by atoms with van der Waals surface area (Å²) >= 11 is 0. The third-order valence-corrected chi connectivity index (χ3v) is 4.67. The Balaban J connectivity index is 1.33. The smallest absolute Gasteiger partial charge is 0.364 e. The molecule has 0 spiro atoms. The minimum atomic E-state index is -1.51. The van der Waals surface area contributed by atoms with Crippen LogP contribution in [0.2, 0.25) is 0 Å². The highest BCUT2D eigenvalue weighted by molar-refractivity contribution is 5.98. The van der Waals surface area contributed by atoms with Gasteiger partial charge in [-0.05, 0) is 44.4 Å². The highest BCUT2D eigenvalue weighted by Crippen LogP contribution is 2.32. The normalized spacial score (nSPS) is 24.7. The lowest BCUT2D eigenvalue weighted by Gasteiger charge is -2.34. The molecule has 1 saturated heterocycles. The van der Waals surface area contributed by atoms with Gasteiger partial charge in [0, 0.05) is 18.4 Å². The molecular formula is C19H25NO7. The predicted molar refractivity (Wildman–Crippen MR) is 96.0 cm³/mol. The number of ether oxygens (including phenoxy) is 4. The summed E-state index contributed by atoms with van der Waals surface area (Å²) in [6.07, 6.45) is 2.67. The van der Waals surface area contributed by atoms with Gasteiger partial charge < -0.3 is 28.9 Å². The molecule has 27 heavy (non-hydrogen) atoms. The van der Waals surface area contributed by atoms with Gasteiger partial charge in [-0.1, -0.05) is 5.16 Å². The summed E-state index contributed by atoms with van der Waals surface area (Å²) in [6, 6.07) is 5.67. The van der Waals surface area contributed by atoms with Crippen molar-refractivity contribution in [3.63, 3.8) is 0 Å². The van der Waals surface area contributed by atoms with Crippen molar-refractivity contribution >= 4 is 11.7 Å². The minimum Gasteiger partial charge on any atom is -0.477 e. The number of aliphatic carboxylic acids is 1. The van der Waals surface area contributed by atoms with Crippen molar-refractivity contribution in [1.82, 2.24) is 0 Å². The number of oxime groups is 1. The maximum atomic E-state index is 11.0. The van der Waals surface area contributed by atoms with E-state index < -0.39 is 11.8 Å². The van der Waals surface area contributed by atoms with Crippen LogP contribution in [-0.4, -0.2) is 49.2 Å². The van der Waals surface area contributed by atoms with E-state index in [4.69, 9.17) is 28.9 Å². The third kappa shape index (κ3) is 4.90. The molecule has 0 saturated carbocycles. The zero-order valence-electron chi connectivity index (χ0n) is 15.6. The number of rotatable bonds is 8. The van der Waals surface area contributed by atoms with E-state index in [2.05, 4.69) is 5.16 Å². The molecule has 1 aromatic carbocycles. The van der Waals surface area contributed by atoms with E-state index in [1.54, 1.807) is 0 Å². The molecule has 0 aromatic heterocycles. The van der Waals surface area contributed by atoms with Crippen molar-refractivity contribution in [1.29, 1.82) is 0 Å². The molecule has 2 aliphatic heterocycles. The molecule has 1 aromatic rings. The van der Waals surface area contributed by atoms with Crippen LogP contribution in [0.3, 0.4) is 0 Å². The molecule has 0 aliphatic carbocycles. The van der Waals surface area contributed by atoms with Crippen LogP contribution in [0, 0.1) is 5.92 Å². The van der Waals surface area contributed by atoms with Gasteiger partial charge in [0.1, 0.15) is 6.61 Å². The summed E-state index contributed by atoms with van der Waals surface area (Å²) in [4.78, 5) is 16.4. The van der Waals surface area contributed by atoms with Crippen LogP contribution in [0.25, 0.3) is 0 Å². The number of hydrogen-bond donors (Lipinski definition) is 1. The average molecular weight is 379 g/mol. The maximum Gasteiger partial charge on any atom is 0.364 e. The second kappa shape index (κ2) is 8.58. The highest BCUT2D eigenvalue weighted by atomic mass is 16.7. The van der Waals surface area contributed by atoms with E-state index in [0.29, 0.717) is 19.8 Å². The Morgan fingerprint density at radius 2 is 2.00 bits per heavy atom. The Labute approximate surface area is 158 Å². The molecule has 8 heteroatoms. The standard InChI is InChI=1S/C19H25NO7/c1-13(15-6-7-16-17(9-15)24-12-23-16)20-27-8-4-3-5-14-10-25-19(2,18(21)22)26-11-14/h6-7,9,14H,3-5,8,10-12H2,1-2H3,(H,21,22). The van der Waals surface area contributed by atoms with Crippen molar-refractivity contribution < 1.29 is 33.7 Å². The highest BCUT2D eigenvalue weighted by Gasteiger charge is 2.40. The largest absolute Gasteiger partial charge is 0.477 e. The molecule has 0 atom stereocenters. The van der Waals surface area contributed by atoms with E-state index in [1.807, 2.05) is 25.1 Å². The molecule has 0 unspecified atom stereocenters.